The number of rotatable bonds is 5. The summed E-state index contributed by atoms with van der Waals surface area (Å²) in [6, 6.07) is 7.51. The fourth-order valence-electron chi connectivity index (χ4n) is 2.13. The van der Waals surface area contributed by atoms with E-state index in [-0.39, 0.29) is 17.5 Å². The number of ether oxygens (including phenoxy) is 2. The van der Waals surface area contributed by atoms with Crippen molar-refractivity contribution >= 4 is 21.7 Å². The van der Waals surface area contributed by atoms with E-state index in [2.05, 4.69) is 29.8 Å². The first-order valence-electron chi connectivity index (χ1n) is 6.98. The molecule has 20 heavy (non-hydrogen) atoms. The highest BCUT2D eigenvalue weighted by molar-refractivity contribution is 9.10. The lowest BCUT2D eigenvalue weighted by atomic mass is 9.95. The SMILES string of the molecule is CC1(C)COC(CCCC(=O)c2cccc(Br)c2)OC1. The lowest BCUT2D eigenvalue weighted by Crippen LogP contribution is -2.37. The highest BCUT2D eigenvalue weighted by Gasteiger charge is 2.27. The zero-order chi connectivity index (χ0) is 14.6. The molecule has 0 amide bonds. The van der Waals surface area contributed by atoms with Gasteiger partial charge in [-0.3, -0.25) is 4.79 Å². The van der Waals surface area contributed by atoms with Crippen molar-refractivity contribution in [2.24, 2.45) is 5.41 Å². The number of carbonyl (C=O) groups is 1. The third-order valence-electron chi connectivity index (χ3n) is 3.31. The van der Waals surface area contributed by atoms with E-state index in [0.717, 1.165) is 36.1 Å². The summed E-state index contributed by atoms with van der Waals surface area (Å²) in [7, 11) is 0. The third kappa shape index (κ3) is 4.69. The fourth-order valence-corrected chi connectivity index (χ4v) is 2.53. The van der Waals surface area contributed by atoms with Crippen molar-refractivity contribution in [2.75, 3.05) is 13.2 Å². The smallest absolute Gasteiger partial charge is 0.162 e. The van der Waals surface area contributed by atoms with Crippen LogP contribution in [0.15, 0.2) is 28.7 Å². The number of carbonyl (C=O) groups excluding carboxylic acids is 1. The normalized spacial score (nSPS) is 18.9. The molecule has 0 bridgehead atoms. The molecule has 0 spiro atoms. The van der Waals surface area contributed by atoms with Gasteiger partial charge in [0.15, 0.2) is 12.1 Å². The average Bonchev–Trinajstić information content (AvgIpc) is 2.40. The molecule has 4 heteroatoms. The summed E-state index contributed by atoms with van der Waals surface area (Å²) in [5, 5.41) is 0. The van der Waals surface area contributed by atoms with Gasteiger partial charge in [0, 0.05) is 21.9 Å². The zero-order valence-electron chi connectivity index (χ0n) is 12.0. The van der Waals surface area contributed by atoms with Gasteiger partial charge < -0.3 is 9.47 Å². The van der Waals surface area contributed by atoms with Crippen molar-refractivity contribution in [1.82, 2.24) is 0 Å². The Labute approximate surface area is 128 Å². The Morgan fingerprint density at radius 3 is 2.70 bits per heavy atom. The van der Waals surface area contributed by atoms with Gasteiger partial charge in [0.25, 0.3) is 0 Å². The monoisotopic (exact) mass is 340 g/mol. The summed E-state index contributed by atoms with van der Waals surface area (Å²) in [5.41, 5.74) is 0.855. The number of benzene rings is 1. The number of Topliss-reactive ketones (excluding diaryl/α,β-unsaturated/α-hetero) is 1. The molecule has 0 radical (unpaired) electrons. The van der Waals surface area contributed by atoms with Gasteiger partial charge in [-0.25, -0.2) is 0 Å². The van der Waals surface area contributed by atoms with Crippen LogP contribution in [0.5, 0.6) is 0 Å². The Morgan fingerprint density at radius 1 is 1.35 bits per heavy atom. The molecule has 1 aromatic carbocycles. The first-order chi connectivity index (χ1) is 9.46. The van der Waals surface area contributed by atoms with Crippen molar-refractivity contribution in [1.29, 1.82) is 0 Å². The van der Waals surface area contributed by atoms with Crippen molar-refractivity contribution in [3.05, 3.63) is 34.3 Å². The Morgan fingerprint density at radius 2 is 2.05 bits per heavy atom. The fraction of sp³-hybridized carbons (Fsp3) is 0.562. The lowest BCUT2D eigenvalue weighted by Gasteiger charge is -2.34. The third-order valence-corrected chi connectivity index (χ3v) is 3.80. The molecule has 0 aliphatic carbocycles. The molecule has 0 N–H and O–H groups in total. The van der Waals surface area contributed by atoms with Gasteiger partial charge in [0.05, 0.1) is 13.2 Å². The van der Waals surface area contributed by atoms with Gasteiger partial charge in [-0.1, -0.05) is 41.9 Å². The van der Waals surface area contributed by atoms with Crippen molar-refractivity contribution in [2.45, 2.75) is 39.4 Å². The maximum absolute atomic E-state index is 12.0. The second kappa shape index (κ2) is 6.83. The molecule has 1 heterocycles. The molecule has 110 valence electrons. The molecule has 0 saturated carbocycles. The van der Waals surface area contributed by atoms with E-state index in [1.54, 1.807) is 0 Å². The van der Waals surface area contributed by atoms with E-state index < -0.39 is 0 Å². The summed E-state index contributed by atoms with van der Waals surface area (Å²) in [6.45, 7) is 5.69. The number of halogens is 1. The van der Waals surface area contributed by atoms with Gasteiger partial charge in [0.2, 0.25) is 0 Å². The van der Waals surface area contributed by atoms with E-state index in [4.69, 9.17) is 9.47 Å². The molecule has 0 aromatic heterocycles. The maximum atomic E-state index is 12.0. The van der Waals surface area contributed by atoms with Crippen LogP contribution >= 0.6 is 15.9 Å². The number of hydrogen-bond donors (Lipinski definition) is 0. The van der Waals surface area contributed by atoms with Crippen molar-refractivity contribution in [3.63, 3.8) is 0 Å². The Bertz CT molecular complexity index is 461. The number of ketones is 1. The standard InChI is InChI=1S/C16H21BrO3/c1-16(2)10-19-15(20-11-16)8-4-7-14(18)12-5-3-6-13(17)9-12/h3,5-6,9,15H,4,7-8,10-11H2,1-2H3. The quantitative estimate of drug-likeness (QED) is 0.753. The topological polar surface area (TPSA) is 35.5 Å². The van der Waals surface area contributed by atoms with Crippen LogP contribution in [0, 0.1) is 5.41 Å². The molecule has 3 nitrogen and oxygen atoms in total. The predicted molar refractivity (Wildman–Crippen MR) is 81.8 cm³/mol. The summed E-state index contributed by atoms with van der Waals surface area (Å²) in [5.74, 6) is 0.169. The molecular formula is C16H21BrO3. The molecule has 0 atom stereocenters. The first-order valence-corrected chi connectivity index (χ1v) is 7.78. The summed E-state index contributed by atoms with van der Waals surface area (Å²) < 4.78 is 12.3. The van der Waals surface area contributed by atoms with Gasteiger partial charge in [0.1, 0.15) is 0 Å². The van der Waals surface area contributed by atoms with Crippen LogP contribution in [0.1, 0.15) is 43.5 Å². The van der Waals surface area contributed by atoms with Gasteiger partial charge in [-0.05, 0) is 25.0 Å². The van der Waals surface area contributed by atoms with Crippen LogP contribution < -0.4 is 0 Å². The van der Waals surface area contributed by atoms with Crippen molar-refractivity contribution < 1.29 is 14.3 Å². The van der Waals surface area contributed by atoms with E-state index in [9.17, 15) is 4.79 Å². The summed E-state index contributed by atoms with van der Waals surface area (Å²) in [6.07, 6.45) is 1.94. The molecule has 1 saturated heterocycles. The first kappa shape index (κ1) is 15.7. The Balaban J connectivity index is 1.72. The molecule has 2 rings (SSSR count). The summed E-state index contributed by atoms with van der Waals surface area (Å²) >= 11 is 3.38. The van der Waals surface area contributed by atoms with E-state index in [1.807, 2.05) is 24.3 Å². The molecule has 1 fully saturated rings. The van der Waals surface area contributed by atoms with E-state index >= 15 is 0 Å². The van der Waals surface area contributed by atoms with Gasteiger partial charge >= 0.3 is 0 Å². The van der Waals surface area contributed by atoms with Gasteiger partial charge in [-0.15, -0.1) is 0 Å². The lowest BCUT2D eigenvalue weighted by molar-refractivity contribution is -0.223. The Hall–Kier alpha value is -0.710. The molecule has 1 aromatic rings. The van der Waals surface area contributed by atoms with E-state index in [0.29, 0.717) is 6.42 Å². The zero-order valence-corrected chi connectivity index (χ0v) is 13.6. The maximum Gasteiger partial charge on any atom is 0.162 e. The minimum Gasteiger partial charge on any atom is -0.352 e. The average molecular weight is 341 g/mol. The molecular weight excluding hydrogens is 320 g/mol. The van der Waals surface area contributed by atoms with Crippen LogP contribution in [-0.4, -0.2) is 25.3 Å². The number of hydrogen-bond acceptors (Lipinski definition) is 3. The van der Waals surface area contributed by atoms with Gasteiger partial charge in [-0.2, -0.15) is 0 Å². The van der Waals surface area contributed by atoms with Crippen LogP contribution in [0.4, 0.5) is 0 Å². The van der Waals surface area contributed by atoms with Crippen molar-refractivity contribution in [3.8, 4) is 0 Å². The molecule has 1 aliphatic heterocycles. The van der Waals surface area contributed by atoms with Crippen LogP contribution in [0.25, 0.3) is 0 Å². The van der Waals surface area contributed by atoms with Crippen LogP contribution in [0.3, 0.4) is 0 Å². The molecule has 1 aliphatic rings. The van der Waals surface area contributed by atoms with E-state index in [1.165, 1.54) is 0 Å². The minimum absolute atomic E-state index is 0.0998. The van der Waals surface area contributed by atoms with Crippen LogP contribution in [-0.2, 0) is 9.47 Å². The predicted octanol–water partition coefficient (Wildman–Crippen LogP) is 4.20. The molecule has 0 unspecified atom stereocenters. The second-order valence-corrected chi connectivity index (χ2v) is 6.96. The highest BCUT2D eigenvalue weighted by Crippen LogP contribution is 2.25. The summed E-state index contributed by atoms with van der Waals surface area (Å²) in [4.78, 5) is 12.0. The van der Waals surface area contributed by atoms with Crippen LogP contribution in [0.2, 0.25) is 0 Å². The highest BCUT2D eigenvalue weighted by atomic mass is 79.9. The minimum atomic E-state index is -0.154. The largest absolute Gasteiger partial charge is 0.352 e. The Kier molecular flexibility index (Phi) is 5.35. The second-order valence-electron chi connectivity index (χ2n) is 6.04.